The van der Waals surface area contributed by atoms with Crippen molar-refractivity contribution >= 4 is 0 Å². The number of fused-ring (bicyclic) bond motifs is 1. The molecule has 0 bridgehead atoms. The molecule has 3 N–H and O–H groups in total. The average molecular weight is 274 g/mol. The molecule has 20 heavy (non-hydrogen) atoms. The number of likely N-dealkylation sites (tertiary alicyclic amines) is 1. The van der Waals surface area contributed by atoms with Crippen molar-refractivity contribution in [1.29, 1.82) is 0 Å². The van der Waals surface area contributed by atoms with Crippen LogP contribution in [0.25, 0.3) is 0 Å². The molecule has 2 aliphatic rings. The quantitative estimate of drug-likeness (QED) is 0.889. The number of nitrogens with two attached hydrogens (primary N) is 1. The third kappa shape index (κ3) is 2.90. The lowest BCUT2D eigenvalue weighted by Gasteiger charge is -2.47. The lowest BCUT2D eigenvalue weighted by atomic mass is 9.71. The summed E-state index contributed by atoms with van der Waals surface area (Å²) in [5.41, 5.74) is 7.89. The van der Waals surface area contributed by atoms with Gasteiger partial charge in [0.1, 0.15) is 0 Å². The van der Waals surface area contributed by atoms with Gasteiger partial charge in [-0.3, -0.25) is 4.90 Å². The van der Waals surface area contributed by atoms with E-state index in [1.54, 1.807) is 0 Å². The Morgan fingerprint density at radius 1 is 1.25 bits per heavy atom. The Labute approximate surface area is 121 Å². The minimum absolute atomic E-state index is 0.367. The molecule has 3 heteroatoms. The largest absolute Gasteiger partial charge is 0.390 e. The lowest BCUT2D eigenvalue weighted by Crippen LogP contribution is -2.52. The van der Waals surface area contributed by atoms with Gasteiger partial charge in [-0.25, -0.2) is 0 Å². The van der Waals surface area contributed by atoms with Crippen molar-refractivity contribution in [2.75, 3.05) is 13.1 Å². The number of hydrogen-bond donors (Lipinski definition) is 2. The molecule has 3 nitrogen and oxygen atoms in total. The number of benzene rings is 1. The van der Waals surface area contributed by atoms with Gasteiger partial charge in [0, 0.05) is 32.1 Å². The van der Waals surface area contributed by atoms with E-state index in [1.807, 2.05) is 0 Å². The molecular weight excluding hydrogens is 248 g/mol. The molecule has 1 aliphatic heterocycles. The smallest absolute Gasteiger partial charge is 0.0700 e. The molecule has 0 amide bonds. The van der Waals surface area contributed by atoms with Crippen LogP contribution >= 0.6 is 0 Å². The summed E-state index contributed by atoms with van der Waals surface area (Å²) in [6.07, 6.45) is 5.62. The van der Waals surface area contributed by atoms with Crippen LogP contribution in [-0.2, 0) is 13.1 Å². The van der Waals surface area contributed by atoms with Gasteiger partial charge in [-0.05, 0) is 30.4 Å². The van der Waals surface area contributed by atoms with Crippen LogP contribution in [0.15, 0.2) is 24.3 Å². The van der Waals surface area contributed by atoms with Gasteiger partial charge in [-0.2, -0.15) is 0 Å². The predicted molar refractivity (Wildman–Crippen MR) is 81.1 cm³/mol. The Balaban J connectivity index is 1.64. The van der Waals surface area contributed by atoms with E-state index in [-0.39, 0.29) is 5.60 Å². The average Bonchev–Trinajstić information content (AvgIpc) is 2.48. The zero-order valence-corrected chi connectivity index (χ0v) is 12.2. The van der Waals surface area contributed by atoms with Crippen LogP contribution in [0.5, 0.6) is 0 Å². The molecule has 1 aliphatic carbocycles. The number of piperidine rings is 1. The fourth-order valence-corrected chi connectivity index (χ4v) is 3.90. The van der Waals surface area contributed by atoms with Gasteiger partial charge in [0.05, 0.1) is 5.60 Å². The van der Waals surface area contributed by atoms with E-state index in [1.165, 1.54) is 30.4 Å². The molecule has 1 saturated carbocycles. The maximum Gasteiger partial charge on any atom is 0.0700 e. The minimum atomic E-state index is -0.367. The third-order valence-electron chi connectivity index (χ3n) is 5.15. The summed E-state index contributed by atoms with van der Waals surface area (Å²) >= 11 is 0. The van der Waals surface area contributed by atoms with Crippen molar-refractivity contribution in [3.8, 4) is 0 Å². The summed E-state index contributed by atoms with van der Waals surface area (Å²) in [5, 5.41) is 10.7. The Kier molecular flexibility index (Phi) is 4.11. The molecule has 1 heterocycles. The summed E-state index contributed by atoms with van der Waals surface area (Å²) < 4.78 is 0. The third-order valence-corrected chi connectivity index (χ3v) is 5.15. The first-order chi connectivity index (χ1) is 9.69. The zero-order chi connectivity index (χ0) is 14.0. The molecule has 2 unspecified atom stereocenters. The number of aliphatic hydroxyl groups is 1. The van der Waals surface area contributed by atoms with E-state index in [0.717, 1.165) is 32.5 Å². The monoisotopic (exact) mass is 274 g/mol. The summed E-state index contributed by atoms with van der Waals surface area (Å²) in [6.45, 7) is 3.65. The maximum atomic E-state index is 10.7. The Bertz CT molecular complexity index is 462. The highest BCUT2D eigenvalue weighted by Gasteiger charge is 2.42. The van der Waals surface area contributed by atoms with Crippen LogP contribution < -0.4 is 5.73 Å². The van der Waals surface area contributed by atoms with Crippen molar-refractivity contribution in [3.63, 3.8) is 0 Å². The van der Waals surface area contributed by atoms with Crippen molar-refractivity contribution in [1.82, 2.24) is 4.90 Å². The molecule has 1 aromatic carbocycles. The molecule has 1 saturated heterocycles. The number of rotatable bonds is 3. The van der Waals surface area contributed by atoms with Crippen LogP contribution in [0.2, 0.25) is 0 Å². The summed E-state index contributed by atoms with van der Waals surface area (Å²) in [4.78, 5) is 2.50. The fraction of sp³-hybridized carbons (Fsp3) is 0.647. The maximum absolute atomic E-state index is 10.7. The highest BCUT2D eigenvalue weighted by molar-refractivity contribution is 5.23. The zero-order valence-electron chi connectivity index (χ0n) is 12.2. The standard InChI is InChI=1S/C17H26N2O/c18-11-14-4-3-5-15(10-14)12-19-9-8-17(20)7-2-1-6-16(17)13-19/h3-5,10,16,20H,1-2,6-9,11-13,18H2. The molecule has 0 radical (unpaired) electrons. The first kappa shape index (κ1) is 14.1. The summed E-state index contributed by atoms with van der Waals surface area (Å²) in [7, 11) is 0. The summed E-state index contributed by atoms with van der Waals surface area (Å²) in [6, 6.07) is 8.57. The van der Waals surface area contributed by atoms with Crippen LogP contribution in [0.3, 0.4) is 0 Å². The van der Waals surface area contributed by atoms with Crippen LogP contribution in [0.4, 0.5) is 0 Å². The predicted octanol–water partition coefficient (Wildman–Crippen LogP) is 2.27. The topological polar surface area (TPSA) is 49.5 Å². The molecule has 1 aromatic rings. The molecule has 0 spiro atoms. The number of nitrogens with zero attached hydrogens (tertiary/aromatic N) is 1. The van der Waals surface area contributed by atoms with Crippen molar-refractivity contribution in [2.24, 2.45) is 11.7 Å². The Morgan fingerprint density at radius 2 is 2.10 bits per heavy atom. The molecular formula is C17H26N2O. The van der Waals surface area contributed by atoms with Crippen molar-refractivity contribution in [3.05, 3.63) is 35.4 Å². The number of hydrogen-bond acceptors (Lipinski definition) is 3. The normalized spacial score (nSPS) is 31.0. The van der Waals surface area contributed by atoms with E-state index < -0.39 is 0 Å². The van der Waals surface area contributed by atoms with Crippen molar-refractivity contribution < 1.29 is 5.11 Å². The van der Waals surface area contributed by atoms with Gasteiger partial charge in [0.15, 0.2) is 0 Å². The van der Waals surface area contributed by atoms with Gasteiger partial charge in [-0.1, -0.05) is 37.1 Å². The van der Waals surface area contributed by atoms with Gasteiger partial charge < -0.3 is 10.8 Å². The van der Waals surface area contributed by atoms with Gasteiger partial charge in [-0.15, -0.1) is 0 Å². The molecule has 0 aromatic heterocycles. The molecule has 110 valence electrons. The van der Waals surface area contributed by atoms with E-state index in [4.69, 9.17) is 5.73 Å². The molecule has 2 atom stereocenters. The first-order valence-electron chi connectivity index (χ1n) is 7.92. The van der Waals surface area contributed by atoms with Gasteiger partial charge in [0.25, 0.3) is 0 Å². The highest BCUT2D eigenvalue weighted by atomic mass is 16.3. The van der Waals surface area contributed by atoms with E-state index in [0.29, 0.717) is 12.5 Å². The molecule has 2 fully saturated rings. The second-order valence-electron chi connectivity index (χ2n) is 6.56. The van der Waals surface area contributed by atoms with Gasteiger partial charge >= 0.3 is 0 Å². The van der Waals surface area contributed by atoms with Crippen LogP contribution in [-0.4, -0.2) is 28.7 Å². The second-order valence-corrected chi connectivity index (χ2v) is 6.56. The lowest BCUT2D eigenvalue weighted by molar-refractivity contribution is -0.0967. The van der Waals surface area contributed by atoms with Crippen LogP contribution in [0.1, 0.15) is 43.2 Å². The first-order valence-corrected chi connectivity index (χ1v) is 7.92. The summed E-state index contributed by atoms with van der Waals surface area (Å²) in [5.74, 6) is 0.475. The van der Waals surface area contributed by atoms with Gasteiger partial charge in [0.2, 0.25) is 0 Å². The highest BCUT2D eigenvalue weighted by Crippen LogP contribution is 2.40. The van der Waals surface area contributed by atoms with Crippen LogP contribution in [0, 0.1) is 5.92 Å². The molecule has 3 rings (SSSR count). The van der Waals surface area contributed by atoms with E-state index >= 15 is 0 Å². The Hall–Kier alpha value is -0.900. The van der Waals surface area contributed by atoms with E-state index in [9.17, 15) is 5.11 Å². The fourth-order valence-electron chi connectivity index (χ4n) is 3.90. The Morgan fingerprint density at radius 3 is 2.95 bits per heavy atom. The van der Waals surface area contributed by atoms with E-state index in [2.05, 4.69) is 29.2 Å². The SMILES string of the molecule is NCc1cccc(CN2CCC3(O)CCCCC3C2)c1. The second kappa shape index (κ2) is 5.84. The van der Waals surface area contributed by atoms with Crippen molar-refractivity contribution in [2.45, 2.75) is 50.8 Å². The minimum Gasteiger partial charge on any atom is -0.390 e.